The molecule has 0 atom stereocenters. The van der Waals surface area contributed by atoms with E-state index in [1.165, 1.54) is 4.90 Å². The summed E-state index contributed by atoms with van der Waals surface area (Å²) in [4.78, 5) is 32.7. The maximum Gasteiger partial charge on any atom is 0.278 e. The number of carbonyl (C=O) groups is 2. The van der Waals surface area contributed by atoms with Crippen LogP contribution in [0.2, 0.25) is 0 Å². The van der Waals surface area contributed by atoms with E-state index in [-0.39, 0.29) is 25.0 Å². The van der Waals surface area contributed by atoms with Crippen molar-refractivity contribution in [3.63, 3.8) is 0 Å². The predicted octanol–water partition coefficient (Wildman–Crippen LogP) is 1.59. The first-order valence-electron chi connectivity index (χ1n) is 11.0. The van der Waals surface area contributed by atoms with Gasteiger partial charge in [-0.15, -0.1) is 0 Å². The summed E-state index contributed by atoms with van der Waals surface area (Å²) < 4.78 is 10.7. The lowest BCUT2D eigenvalue weighted by molar-refractivity contribution is -0.138. The van der Waals surface area contributed by atoms with Gasteiger partial charge in [-0.25, -0.2) is 0 Å². The Morgan fingerprint density at radius 1 is 0.879 bits per heavy atom. The number of β-amino-alcohol motifs (C(OH)–C–C–N with tert-alkyl or cyclic N) is 1. The van der Waals surface area contributed by atoms with Gasteiger partial charge in [0.1, 0.15) is 17.2 Å². The number of benzene rings is 2. The fraction of sp³-hybridized carbons (Fsp3) is 0.360. The Labute approximate surface area is 193 Å². The molecule has 8 nitrogen and oxygen atoms in total. The van der Waals surface area contributed by atoms with Gasteiger partial charge in [-0.2, -0.15) is 0 Å². The molecule has 4 rings (SSSR count). The summed E-state index contributed by atoms with van der Waals surface area (Å²) in [7, 11) is 3.16. The van der Waals surface area contributed by atoms with E-state index in [2.05, 4.69) is 4.90 Å². The van der Waals surface area contributed by atoms with Crippen molar-refractivity contribution in [3.8, 4) is 11.5 Å². The van der Waals surface area contributed by atoms with Gasteiger partial charge in [0.2, 0.25) is 0 Å². The van der Waals surface area contributed by atoms with Gasteiger partial charge in [-0.3, -0.25) is 19.4 Å². The number of rotatable bonds is 8. The molecule has 0 aromatic heterocycles. The summed E-state index contributed by atoms with van der Waals surface area (Å²) >= 11 is 0. The van der Waals surface area contributed by atoms with Crippen LogP contribution < -0.4 is 9.47 Å². The molecule has 1 saturated heterocycles. The number of nitrogens with zero attached hydrogens (tertiary/aromatic N) is 3. The molecule has 0 aliphatic carbocycles. The fourth-order valence-corrected chi connectivity index (χ4v) is 4.36. The number of piperazine rings is 1. The maximum absolute atomic E-state index is 13.6. The number of hydrogen-bond donors (Lipinski definition) is 1. The Bertz CT molecular complexity index is 1040. The molecule has 174 valence electrons. The number of amides is 2. The Hall–Kier alpha value is -3.36. The van der Waals surface area contributed by atoms with E-state index in [1.807, 2.05) is 41.3 Å². The molecule has 0 unspecified atom stereocenters. The van der Waals surface area contributed by atoms with E-state index < -0.39 is 0 Å². The van der Waals surface area contributed by atoms with Crippen molar-refractivity contribution in [2.24, 2.45) is 0 Å². The van der Waals surface area contributed by atoms with Crippen LogP contribution in [-0.2, 0) is 16.1 Å². The van der Waals surface area contributed by atoms with Crippen molar-refractivity contribution < 1.29 is 24.2 Å². The molecule has 1 fully saturated rings. The summed E-state index contributed by atoms with van der Waals surface area (Å²) in [5, 5.41) is 9.23. The van der Waals surface area contributed by atoms with E-state index in [0.29, 0.717) is 61.1 Å². The van der Waals surface area contributed by atoms with Crippen LogP contribution in [0, 0.1) is 0 Å². The van der Waals surface area contributed by atoms with Gasteiger partial charge >= 0.3 is 0 Å². The normalized spacial score (nSPS) is 17.2. The third kappa shape index (κ3) is 4.58. The standard InChI is InChI=1S/C25H29N3O5/c1-32-20-9-7-18(8-10-20)22-23(27-13-11-26(12-14-27)15-16-29)25(31)28(24(22)30)17-19-5-3-4-6-21(19)33-2/h3-10,29H,11-17H2,1-2H3. The average Bonchev–Trinajstić information content (AvgIpc) is 3.10. The lowest BCUT2D eigenvalue weighted by Crippen LogP contribution is -2.48. The monoisotopic (exact) mass is 451 g/mol. The molecule has 0 bridgehead atoms. The molecule has 8 heteroatoms. The summed E-state index contributed by atoms with van der Waals surface area (Å²) in [6, 6.07) is 14.6. The van der Waals surface area contributed by atoms with Crippen LogP contribution in [-0.4, -0.2) is 85.2 Å². The molecule has 1 N–H and O–H groups in total. The second-order valence-corrected chi connectivity index (χ2v) is 8.01. The molecule has 2 aromatic rings. The van der Waals surface area contributed by atoms with Gasteiger partial charge in [0, 0.05) is 38.3 Å². The van der Waals surface area contributed by atoms with Gasteiger partial charge in [0.05, 0.1) is 32.9 Å². The highest BCUT2D eigenvalue weighted by atomic mass is 16.5. The molecule has 2 aliphatic rings. The smallest absolute Gasteiger partial charge is 0.278 e. The molecule has 33 heavy (non-hydrogen) atoms. The Balaban J connectivity index is 1.68. The number of aliphatic hydroxyl groups is 1. The largest absolute Gasteiger partial charge is 0.497 e. The first-order valence-corrected chi connectivity index (χ1v) is 11.0. The molecular weight excluding hydrogens is 422 g/mol. The highest BCUT2D eigenvalue weighted by Crippen LogP contribution is 2.34. The van der Waals surface area contributed by atoms with Crippen molar-refractivity contribution in [2.45, 2.75) is 6.54 Å². The number of ether oxygens (including phenoxy) is 2. The van der Waals surface area contributed by atoms with Gasteiger partial charge in [-0.05, 0) is 23.8 Å². The average molecular weight is 452 g/mol. The predicted molar refractivity (Wildman–Crippen MR) is 124 cm³/mol. The van der Waals surface area contributed by atoms with E-state index in [1.54, 1.807) is 26.4 Å². The van der Waals surface area contributed by atoms with Crippen molar-refractivity contribution >= 4 is 17.4 Å². The van der Waals surface area contributed by atoms with Crippen molar-refractivity contribution in [1.29, 1.82) is 0 Å². The number of methoxy groups -OCH3 is 2. The molecule has 2 amide bonds. The Morgan fingerprint density at radius 2 is 1.58 bits per heavy atom. The number of aliphatic hydroxyl groups excluding tert-OH is 1. The zero-order chi connectivity index (χ0) is 23.4. The molecule has 0 saturated carbocycles. The first-order chi connectivity index (χ1) is 16.1. The van der Waals surface area contributed by atoms with E-state index >= 15 is 0 Å². The van der Waals surface area contributed by atoms with Crippen LogP contribution in [0.4, 0.5) is 0 Å². The fourth-order valence-electron chi connectivity index (χ4n) is 4.36. The quantitative estimate of drug-likeness (QED) is 0.611. The van der Waals surface area contributed by atoms with Crippen molar-refractivity contribution in [2.75, 3.05) is 53.6 Å². The molecule has 2 aromatic carbocycles. The van der Waals surface area contributed by atoms with Crippen molar-refractivity contribution in [1.82, 2.24) is 14.7 Å². The first kappa shape index (κ1) is 22.8. The summed E-state index contributed by atoms with van der Waals surface area (Å²) in [6.45, 7) is 3.49. The minimum absolute atomic E-state index is 0.101. The maximum atomic E-state index is 13.6. The summed E-state index contributed by atoms with van der Waals surface area (Å²) in [6.07, 6.45) is 0. The molecular formula is C25H29N3O5. The topological polar surface area (TPSA) is 82.6 Å². The van der Waals surface area contributed by atoms with Crippen LogP contribution in [0.5, 0.6) is 11.5 Å². The molecule has 2 heterocycles. The Kier molecular flexibility index (Phi) is 6.96. The van der Waals surface area contributed by atoms with Gasteiger partial charge < -0.3 is 19.5 Å². The van der Waals surface area contributed by atoms with Gasteiger partial charge in [0.15, 0.2) is 0 Å². The van der Waals surface area contributed by atoms with Gasteiger partial charge in [0.25, 0.3) is 11.8 Å². The highest BCUT2D eigenvalue weighted by molar-refractivity contribution is 6.35. The van der Waals surface area contributed by atoms with E-state index in [9.17, 15) is 14.7 Å². The molecule has 0 radical (unpaired) electrons. The zero-order valence-corrected chi connectivity index (χ0v) is 19.0. The van der Waals surface area contributed by atoms with Crippen molar-refractivity contribution in [3.05, 3.63) is 65.4 Å². The second-order valence-electron chi connectivity index (χ2n) is 8.01. The molecule has 0 spiro atoms. The number of para-hydroxylation sites is 1. The van der Waals surface area contributed by atoms with E-state index in [0.717, 1.165) is 5.56 Å². The number of hydrogen-bond acceptors (Lipinski definition) is 7. The lowest BCUT2D eigenvalue weighted by Gasteiger charge is -2.36. The highest BCUT2D eigenvalue weighted by Gasteiger charge is 2.42. The van der Waals surface area contributed by atoms with Crippen LogP contribution in [0.3, 0.4) is 0 Å². The van der Waals surface area contributed by atoms with Crippen LogP contribution >= 0.6 is 0 Å². The number of imide groups is 1. The van der Waals surface area contributed by atoms with E-state index in [4.69, 9.17) is 9.47 Å². The lowest BCUT2D eigenvalue weighted by atomic mass is 10.0. The van der Waals surface area contributed by atoms with Gasteiger partial charge in [-0.1, -0.05) is 30.3 Å². The SMILES string of the molecule is COc1ccc(C2=C(N3CCN(CCO)CC3)C(=O)N(Cc3ccccc3OC)C2=O)cc1. The summed E-state index contributed by atoms with van der Waals surface area (Å²) in [5.41, 5.74) is 2.30. The molecule has 2 aliphatic heterocycles. The van der Waals surface area contributed by atoms with Crippen LogP contribution in [0.1, 0.15) is 11.1 Å². The number of carbonyl (C=O) groups excluding carboxylic acids is 2. The Morgan fingerprint density at radius 3 is 2.21 bits per heavy atom. The van der Waals surface area contributed by atoms with Crippen LogP contribution in [0.25, 0.3) is 5.57 Å². The third-order valence-corrected chi connectivity index (χ3v) is 6.15. The minimum atomic E-state index is -0.316. The third-order valence-electron chi connectivity index (χ3n) is 6.15. The summed E-state index contributed by atoms with van der Waals surface area (Å²) in [5.74, 6) is 0.701. The second kappa shape index (κ2) is 10.1. The minimum Gasteiger partial charge on any atom is -0.497 e. The van der Waals surface area contributed by atoms with Crippen LogP contribution in [0.15, 0.2) is 54.2 Å². The zero-order valence-electron chi connectivity index (χ0n) is 19.0.